The molecule has 1 aromatic carbocycles. The molecule has 0 saturated carbocycles. The zero-order chi connectivity index (χ0) is 10.5. The summed E-state index contributed by atoms with van der Waals surface area (Å²) in [5, 5.41) is 15.6. The Bertz CT molecular complexity index is 120. The highest BCUT2D eigenvalue weighted by atomic mass is 16.3. The molecule has 0 radical (unpaired) electrons. The second-order valence-electron chi connectivity index (χ2n) is 2.56. The summed E-state index contributed by atoms with van der Waals surface area (Å²) in [6.07, 6.45) is -0.167. The lowest BCUT2D eigenvalue weighted by molar-refractivity contribution is 0.216. The molecule has 0 spiro atoms. The van der Waals surface area contributed by atoms with Gasteiger partial charge in [-0.3, -0.25) is 0 Å². The Morgan fingerprint density at radius 1 is 0.923 bits per heavy atom. The average Bonchev–Trinajstić information content (AvgIpc) is 2.08. The molecule has 0 aromatic heterocycles. The van der Waals surface area contributed by atoms with Crippen molar-refractivity contribution in [2.75, 3.05) is 6.61 Å². The summed E-state index contributed by atoms with van der Waals surface area (Å²) < 4.78 is 0. The topological polar surface area (TPSA) is 40.5 Å². The summed E-state index contributed by atoms with van der Waals surface area (Å²) in [6.45, 7) is 5.38. The Hall–Kier alpha value is -0.860. The van der Waals surface area contributed by atoms with E-state index in [-0.39, 0.29) is 12.7 Å². The number of aliphatic hydroxyl groups is 2. The minimum atomic E-state index is -0.167. The van der Waals surface area contributed by atoms with Crippen molar-refractivity contribution in [1.82, 2.24) is 0 Å². The van der Waals surface area contributed by atoms with Crippen molar-refractivity contribution in [1.29, 1.82) is 0 Å². The molecule has 13 heavy (non-hydrogen) atoms. The van der Waals surface area contributed by atoms with Gasteiger partial charge in [0.05, 0.1) is 0 Å². The summed E-state index contributed by atoms with van der Waals surface area (Å²) in [7, 11) is 0. The lowest BCUT2D eigenvalue weighted by atomic mass is 10.4. The van der Waals surface area contributed by atoms with Crippen LogP contribution in [0, 0.1) is 0 Å². The Morgan fingerprint density at radius 3 is 1.08 bits per heavy atom. The number of aliphatic hydroxyl groups excluding tert-OH is 2. The predicted octanol–water partition coefficient (Wildman–Crippen LogP) is 2.07. The lowest BCUT2D eigenvalue weighted by Crippen LogP contribution is -1.85. The highest BCUT2D eigenvalue weighted by molar-refractivity contribution is 4.99. The standard InChI is InChI=1S/C6H6.C3H8O.C2H6O/c1-2-4-6-5-3-1;1-3(2)4;1-2-3/h1-6H;3-4H,1-2H3;3H,2H2,1H3. The van der Waals surface area contributed by atoms with Gasteiger partial charge < -0.3 is 10.2 Å². The van der Waals surface area contributed by atoms with Crippen LogP contribution >= 0.6 is 0 Å². The van der Waals surface area contributed by atoms with Crippen molar-refractivity contribution in [3.63, 3.8) is 0 Å². The van der Waals surface area contributed by atoms with Crippen LogP contribution in [0.2, 0.25) is 0 Å². The molecule has 0 fully saturated rings. The van der Waals surface area contributed by atoms with Crippen molar-refractivity contribution in [3.05, 3.63) is 36.4 Å². The highest BCUT2D eigenvalue weighted by Gasteiger charge is 1.69. The molecule has 1 aromatic rings. The largest absolute Gasteiger partial charge is 0.397 e. The van der Waals surface area contributed by atoms with Crippen LogP contribution in [0.1, 0.15) is 20.8 Å². The van der Waals surface area contributed by atoms with Crippen molar-refractivity contribution >= 4 is 0 Å². The molecule has 0 aliphatic heterocycles. The van der Waals surface area contributed by atoms with Crippen LogP contribution < -0.4 is 0 Å². The minimum Gasteiger partial charge on any atom is -0.397 e. The van der Waals surface area contributed by atoms with E-state index in [9.17, 15) is 0 Å². The molecular weight excluding hydrogens is 164 g/mol. The van der Waals surface area contributed by atoms with Gasteiger partial charge in [-0.1, -0.05) is 36.4 Å². The van der Waals surface area contributed by atoms with Crippen LogP contribution in [0.4, 0.5) is 0 Å². The molecule has 0 atom stereocenters. The molecule has 2 N–H and O–H groups in total. The van der Waals surface area contributed by atoms with Crippen LogP contribution in [0.25, 0.3) is 0 Å². The van der Waals surface area contributed by atoms with E-state index >= 15 is 0 Å². The van der Waals surface area contributed by atoms with Crippen LogP contribution in [-0.2, 0) is 0 Å². The van der Waals surface area contributed by atoms with E-state index in [1.807, 2.05) is 36.4 Å². The van der Waals surface area contributed by atoms with Crippen molar-refractivity contribution in [3.8, 4) is 0 Å². The predicted molar refractivity (Wildman–Crippen MR) is 56.6 cm³/mol. The maximum Gasteiger partial charge on any atom is 0.0483 e. The first-order valence-electron chi connectivity index (χ1n) is 4.44. The molecule has 0 aliphatic rings. The van der Waals surface area contributed by atoms with Gasteiger partial charge >= 0.3 is 0 Å². The van der Waals surface area contributed by atoms with Gasteiger partial charge in [-0.05, 0) is 20.8 Å². The Morgan fingerprint density at radius 2 is 1.00 bits per heavy atom. The summed E-state index contributed by atoms with van der Waals surface area (Å²) in [4.78, 5) is 0. The second kappa shape index (κ2) is 13.7. The zero-order valence-corrected chi connectivity index (χ0v) is 8.64. The van der Waals surface area contributed by atoms with Gasteiger partial charge in [0.2, 0.25) is 0 Å². The van der Waals surface area contributed by atoms with E-state index < -0.39 is 0 Å². The second-order valence-corrected chi connectivity index (χ2v) is 2.56. The van der Waals surface area contributed by atoms with Gasteiger partial charge in [0.25, 0.3) is 0 Å². The Labute approximate surface area is 80.9 Å². The smallest absolute Gasteiger partial charge is 0.0483 e. The van der Waals surface area contributed by atoms with Crippen molar-refractivity contribution < 1.29 is 10.2 Å². The van der Waals surface area contributed by atoms with E-state index in [2.05, 4.69) is 0 Å². The number of benzene rings is 1. The van der Waals surface area contributed by atoms with Gasteiger partial charge in [-0.25, -0.2) is 0 Å². The first kappa shape index (κ1) is 14.7. The van der Waals surface area contributed by atoms with Crippen LogP contribution in [0.3, 0.4) is 0 Å². The Kier molecular flexibility index (Phi) is 15.5. The van der Waals surface area contributed by atoms with E-state index in [1.165, 1.54) is 0 Å². The lowest BCUT2D eigenvalue weighted by Gasteiger charge is -1.80. The van der Waals surface area contributed by atoms with Gasteiger partial charge in [0.15, 0.2) is 0 Å². The molecule has 0 aliphatic carbocycles. The van der Waals surface area contributed by atoms with Crippen molar-refractivity contribution in [2.24, 2.45) is 0 Å². The maximum absolute atomic E-state index is 8.06. The molecule has 0 unspecified atom stereocenters. The fourth-order valence-corrected chi connectivity index (χ4v) is 0.385. The first-order valence-corrected chi connectivity index (χ1v) is 4.44. The summed E-state index contributed by atoms with van der Waals surface area (Å²) in [5.74, 6) is 0. The number of hydrogen-bond donors (Lipinski definition) is 2. The Balaban J connectivity index is 0. The van der Waals surface area contributed by atoms with Crippen molar-refractivity contribution in [2.45, 2.75) is 26.9 Å². The molecule has 76 valence electrons. The van der Waals surface area contributed by atoms with Gasteiger partial charge in [0.1, 0.15) is 0 Å². The third kappa shape index (κ3) is 35.2. The summed E-state index contributed by atoms with van der Waals surface area (Å²) in [6, 6.07) is 12.0. The van der Waals surface area contributed by atoms with Gasteiger partial charge in [-0.2, -0.15) is 0 Å². The van der Waals surface area contributed by atoms with Gasteiger partial charge in [-0.15, -0.1) is 0 Å². The fourth-order valence-electron chi connectivity index (χ4n) is 0.385. The fraction of sp³-hybridized carbons (Fsp3) is 0.455. The number of rotatable bonds is 0. The molecule has 2 nitrogen and oxygen atoms in total. The third-order valence-electron chi connectivity index (χ3n) is 0.667. The SMILES string of the molecule is CC(C)O.CCO.c1ccccc1. The number of hydrogen-bond acceptors (Lipinski definition) is 2. The van der Waals surface area contributed by atoms with E-state index in [0.717, 1.165) is 0 Å². The first-order chi connectivity index (χ1) is 6.15. The van der Waals surface area contributed by atoms with Crippen LogP contribution in [0.15, 0.2) is 36.4 Å². The monoisotopic (exact) mass is 184 g/mol. The normalized spacial score (nSPS) is 7.85. The third-order valence-corrected chi connectivity index (χ3v) is 0.667. The minimum absolute atomic E-state index is 0.167. The van der Waals surface area contributed by atoms with E-state index in [0.29, 0.717) is 0 Å². The summed E-state index contributed by atoms with van der Waals surface area (Å²) >= 11 is 0. The van der Waals surface area contributed by atoms with Crippen LogP contribution in [-0.4, -0.2) is 22.9 Å². The molecule has 0 saturated heterocycles. The van der Waals surface area contributed by atoms with E-state index in [4.69, 9.17) is 10.2 Å². The average molecular weight is 184 g/mol. The molecule has 0 bridgehead atoms. The molecule has 0 heterocycles. The molecule has 2 heteroatoms. The van der Waals surface area contributed by atoms with Crippen LogP contribution in [0.5, 0.6) is 0 Å². The van der Waals surface area contributed by atoms with E-state index in [1.54, 1.807) is 20.8 Å². The highest BCUT2D eigenvalue weighted by Crippen LogP contribution is 1.79. The summed E-state index contributed by atoms with van der Waals surface area (Å²) in [5.41, 5.74) is 0. The van der Waals surface area contributed by atoms with Gasteiger partial charge in [0, 0.05) is 12.7 Å². The zero-order valence-electron chi connectivity index (χ0n) is 8.64. The quantitative estimate of drug-likeness (QED) is 0.648. The molecule has 1 rings (SSSR count). The molecular formula is C11H20O2. The maximum atomic E-state index is 8.06. The molecule has 0 amide bonds.